The Morgan fingerprint density at radius 1 is 0.848 bits per heavy atom. The second-order valence-corrected chi connectivity index (χ2v) is 7.81. The fourth-order valence-corrected chi connectivity index (χ4v) is 3.72. The van der Waals surface area contributed by atoms with Gasteiger partial charge in [-0.2, -0.15) is 13.2 Å². The van der Waals surface area contributed by atoms with Gasteiger partial charge in [0.2, 0.25) is 5.91 Å². The molecule has 0 heterocycles. The average molecular weight is 455 g/mol. The van der Waals surface area contributed by atoms with Gasteiger partial charge in [-0.3, -0.25) is 4.79 Å². The molecule has 0 bridgehead atoms. The van der Waals surface area contributed by atoms with Gasteiger partial charge < -0.3 is 10.1 Å². The van der Waals surface area contributed by atoms with E-state index in [9.17, 15) is 22.8 Å². The number of rotatable bonds is 7. The highest BCUT2D eigenvalue weighted by Gasteiger charge is 2.39. The molecule has 0 radical (unpaired) electrons. The minimum Gasteiger partial charge on any atom is -0.467 e. The molecule has 0 spiro atoms. The number of carbonyl (C=O) groups is 2. The Bertz CT molecular complexity index is 1060. The molecule has 3 rings (SSSR count). The van der Waals surface area contributed by atoms with Crippen molar-refractivity contribution in [3.05, 3.63) is 107 Å². The predicted molar refractivity (Wildman–Crippen MR) is 118 cm³/mol. The van der Waals surface area contributed by atoms with Crippen molar-refractivity contribution in [2.75, 3.05) is 7.11 Å². The van der Waals surface area contributed by atoms with E-state index in [4.69, 9.17) is 4.74 Å². The Kier molecular flexibility index (Phi) is 7.21. The molecule has 4 nitrogen and oxygen atoms in total. The third-order valence-corrected chi connectivity index (χ3v) is 5.64. The zero-order chi connectivity index (χ0) is 24.1. The highest BCUT2D eigenvalue weighted by molar-refractivity contribution is 5.94. The first-order valence-corrected chi connectivity index (χ1v) is 10.3. The van der Waals surface area contributed by atoms with Gasteiger partial charge >= 0.3 is 12.1 Å². The summed E-state index contributed by atoms with van der Waals surface area (Å²) in [4.78, 5) is 26.1. The van der Waals surface area contributed by atoms with Gasteiger partial charge in [-0.1, -0.05) is 78.9 Å². The summed E-state index contributed by atoms with van der Waals surface area (Å²) in [6.45, 7) is 1.74. The second-order valence-electron chi connectivity index (χ2n) is 7.81. The highest BCUT2D eigenvalue weighted by atomic mass is 19.4. The summed E-state index contributed by atoms with van der Waals surface area (Å²) in [7, 11) is 1.17. The van der Waals surface area contributed by atoms with Crippen LogP contribution in [0.1, 0.15) is 29.2 Å². The fraction of sp³-hybridized carbons (Fsp3) is 0.231. The van der Waals surface area contributed by atoms with Crippen molar-refractivity contribution in [3.8, 4) is 0 Å². The fourth-order valence-electron chi connectivity index (χ4n) is 3.72. The van der Waals surface area contributed by atoms with Crippen LogP contribution in [-0.2, 0) is 32.3 Å². The molecule has 1 atom stereocenters. The van der Waals surface area contributed by atoms with Gasteiger partial charge in [0, 0.05) is 6.42 Å². The molecule has 33 heavy (non-hydrogen) atoms. The number of hydrogen-bond acceptors (Lipinski definition) is 3. The van der Waals surface area contributed by atoms with Gasteiger partial charge in [0.15, 0.2) is 0 Å². The molecule has 0 fully saturated rings. The van der Waals surface area contributed by atoms with Crippen LogP contribution in [0.25, 0.3) is 0 Å². The number of carbonyl (C=O) groups excluding carboxylic acids is 2. The van der Waals surface area contributed by atoms with E-state index in [1.54, 1.807) is 6.92 Å². The number of alkyl halides is 3. The molecule has 0 aromatic heterocycles. The van der Waals surface area contributed by atoms with Crippen molar-refractivity contribution in [3.63, 3.8) is 0 Å². The van der Waals surface area contributed by atoms with Crippen LogP contribution < -0.4 is 5.32 Å². The number of nitrogens with one attached hydrogen (secondary N) is 1. The van der Waals surface area contributed by atoms with Gasteiger partial charge in [0.05, 0.1) is 18.1 Å². The van der Waals surface area contributed by atoms with Crippen LogP contribution in [0.15, 0.2) is 84.9 Å². The number of esters is 1. The van der Waals surface area contributed by atoms with E-state index < -0.39 is 35.1 Å². The predicted octanol–water partition coefficient (Wildman–Crippen LogP) is 4.91. The first-order valence-electron chi connectivity index (χ1n) is 10.3. The smallest absolute Gasteiger partial charge is 0.416 e. The SMILES string of the molecule is COC(=O)[C@H](Cc1cccc(C(F)(F)F)c1)NC(=O)C(C)(c1ccccc1)c1ccccc1. The molecule has 0 saturated carbocycles. The summed E-state index contributed by atoms with van der Waals surface area (Å²) in [6.07, 6.45) is -4.67. The molecule has 0 aliphatic rings. The van der Waals surface area contributed by atoms with E-state index in [0.29, 0.717) is 11.1 Å². The summed E-state index contributed by atoms with van der Waals surface area (Å²) < 4.78 is 44.2. The van der Waals surface area contributed by atoms with Crippen molar-refractivity contribution in [1.82, 2.24) is 5.32 Å². The Labute approximate surface area is 190 Å². The quantitative estimate of drug-likeness (QED) is 0.515. The van der Waals surface area contributed by atoms with E-state index in [1.165, 1.54) is 19.2 Å². The third kappa shape index (κ3) is 5.42. The van der Waals surface area contributed by atoms with Crippen LogP contribution in [0.3, 0.4) is 0 Å². The number of ether oxygens (including phenoxy) is 1. The van der Waals surface area contributed by atoms with Gasteiger partial charge in [0.1, 0.15) is 6.04 Å². The Balaban J connectivity index is 1.95. The molecule has 0 unspecified atom stereocenters. The monoisotopic (exact) mass is 455 g/mol. The van der Waals surface area contributed by atoms with E-state index in [-0.39, 0.29) is 12.0 Å². The number of methoxy groups -OCH3 is 1. The van der Waals surface area contributed by atoms with Crippen molar-refractivity contribution < 1.29 is 27.5 Å². The zero-order valence-electron chi connectivity index (χ0n) is 18.2. The summed E-state index contributed by atoms with van der Waals surface area (Å²) in [5.41, 5.74) is -0.314. The molecule has 0 aliphatic heterocycles. The minimum atomic E-state index is -4.51. The van der Waals surface area contributed by atoms with Gasteiger partial charge in [-0.15, -0.1) is 0 Å². The topological polar surface area (TPSA) is 55.4 Å². The van der Waals surface area contributed by atoms with Crippen molar-refractivity contribution in [1.29, 1.82) is 0 Å². The van der Waals surface area contributed by atoms with Crippen LogP contribution >= 0.6 is 0 Å². The second kappa shape index (κ2) is 9.90. The third-order valence-electron chi connectivity index (χ3n) is 5.64. The number of benzene rings is 3. The van der Waals surface area contributed by atoms with Crippen LogP contribution in [-0.4, -0.2) is 25.0 Å². The van der Waals surface area contributed by atoms with Crippen molar-refractivity contribution >= 4 is 11.9 Å². The highest BCUT2D eigenvalue weighted by Crippen LogP contribution is 2.33. The summed E-state index contributed by atoms with van der Waals surface area (Å²) in [6, 6.07) is 21.7. The maximum absolute atomic E-state index is 13.6. The van der Waals surface area contributed by atoms with Crippen molar-refractivity contribution in [2.24, 2.45) is 0 Å². The first kappa shape index (κ1) is 24.0. The maximum atomic E-state index is 13.6. The van der Waals surface area contributed by atoms with E-state index >= 15 is 0 Å². The maximum Gasteiger partial charge on any atom is 0.416 e. The normalized spacial score (nSPS) is 12.6. The molecule has 0 aliphatic carbocycles. The molecule has 1 N–H and O–H groups in total. The van der Waals surface area contributed by atoms with Crippen LogP contribution in [0.4, 0.5) is 13.2 Å². The van der Waals surface area contributed by atoms with E-state index in [2.05, 4.69) is 5.32 Å². The lowest BCUT2D eigenvalue weighted by Crippen LogP contribution is -2.51. The summed E-state index contributed by atoms with van der Waals surface area (Å²) in [5.74, 6) is -1.22. The number of halogens is 3. The molecular formula is C26H24F3NO3. The van der Waals surface area contributed by atoms with Gasteiger partial charge in [-0.05, 0) is 29.7 Å². The Morgan fingerprint density at radius 3 is 1.85 bits per heavy atom. The molecular weight excluding hydrogens is 431 g/mol. The molecule has 7 heteroatoms. The van der Waals surface area contributed by atoms with E-state index in [0.717, 1.165) is 12.1 Å². The largest absolute Gasteiger partial charge is 0.467 e. The first-order chi connectivity index (χ1) is 15.7. The Hall–Kier alpha value is -3.61. The number of hydrogen-bond donors (Lipinski definition) is 1. The lowest BCUT2D eigenvalue weighted by Gasteiger charge is -2.31. The summed E-state index contributed by atoms with van der Waals surface area (Å²) >= 11 is 0. The molecule has 1 amide bonds. The molecule has 3 aromatic rings. The zero-order valence-corrected chi connectivity index (χ0v) is 18.2. The minimum absolute atomic E-state index is 0.151. The summed E-state index contributed by atoms with van der Waals surface area (Å²) in [5, 5.41) is 2.72. The standard InChI is InChI=1S/C26H24F3NO3/c1-25(19-11-5-3-6-12-19,20-13-7-4-8-14-20)24(32)30-22(23(31)33-2)17-18-10-9-15-21(16-18)26(27,28)29/h3-16,22H,17H2,1-2H3,(H,30,32)/t22-/m0/s1. The lowest BCUT2D eigenvalue weighted by molar-refractivity contribution is -0.145. The van der Waals surface area contributed by atoms with Crippen LogP contribution in [0.5, 0.6) is 0 Å². The van der Waals surface area contributed by atoms with Gasteiger partial charge in [0.25, 0.3) is 0 Å². The van der Waals surface area contributed by atoms with Crippen LogP contribution in [0, 0.1) is 0 Å². The van der Waals surface area contributed by atoms with Crippen LogP contribution in [0.2, 0.25) is 0 Å². The molecule has 3 aromatic carbocycles. The van der Waals surface area contributed by atoms with Crippen molar-refractivity contribution in [2.45, 2.75) is 31.0 Å². The van der Waals surface area contributed by atoms with Gasteiger partial charge in [-0.25, -0.2) is 4.79 Å². The van der Waals surface area contributed by atoms with E-state index in [1.807, 2.05) is 60.7 Å². The Morgan fingerprint density at radius 2 is 1.36 bits per heavy atom. The number of amides is 1. The molecule has 172 valence electrons. The molecule has 0 saturated heterocycles. The average Bonchev–Trinajstić information content (AvgIpc) is 2.83. The lowest BCUT2D eigenvalue weighted by atomic mass is 9.75.